The smallest absolute Gasteiger partial charge is 0.0575 e. The summed E-state index contributed by atoms with van der Waals surface area (Å²) in [7, 11) is 0. The van der Waals surface area contributed by atoms with Crippen molar-refractivity contribution in [1.82, 2.24) is 0 Å². The van der Waals surface area contributed by atoms with E-state index in [1.165, 1.54) is 38.5 Å². The van der Waals surface area contributed by atoms with Crippen LogP contribution in [0.5, 0.6) is 0 Å². The van der Waals surface area contributed by atoms with Crippen LogP contribution in [0, 0.1) is 0 Å². The Kier molecular flexibility index (Phi) is 5.21. The highest BCUT2D eigenvalue weighted by molar-refractivity contribution is 9.09. The Morgan fingerprint density at radius 2 is 2.18 bits per heavy atom. The van der Waals surface area contributed by atoms with Gasteiger partial charge < -0.3 is 4.74 Å². The van der Waals surface area contributed by atoms with Crippen molar-refractivity contribution in [3.63, 3.8) is 0 Å². The van der Waals surface area contributed by atoms with E-state index >= 15 is 0 Å². The van der Waals surface area contributed by atoms with Gasteiger partial charge in [-0.25, -0.2) is 0 Å². The van der Waals surface area contributed by atoms with E-state index in [0.717, 1.165) is 11.9 Å². The van der Waals surface area contributed by atoms with Crippen LogP contribution >= 0.6 is 15.9 Å². The van der Waals surface area contributed by atoms with Crippen LogP contribution in [0.3, 0.4) is 0 Å². The molecule has 1 rings (SSSR count). The molecule has 0 aliphatic carbocycles. The number of halogens is 1. The number of rotatable bonds is 4. The minimum atomic E-state index is 0.586. The van der Waals surface area contributed by atoms with Crippen molar-refractivity contribution in [2.24, 2.45) is 0 Å². The van der Waals surface area contributed by atoms with Crippen LogP contribution in [-0.2, 0) is 4.74 Å². The monoisotopic (exact) mass is 220 g/mol. The second-order valence-corrected chi connectivity index (χ2v) is 3.97. The Morgan fingerprint density at radius 3 is 2.82 bits per heavy atom. The van der Waals surface area contributed by atoms with Gasteiger partial charge in [0.25, 0.3) is 0 Å². The lowest BCUT2D eigenvalue weighted by Gasteiger charge is -2.22. The summed E-state index contributed by atoms with van der Waals surface area (Å²) in [6.45, 7) is 0.999. The summed E-state index contributed by atoms with van der Waals surface area (Å²) in [6, 6.07) is 0. The number of hydrogen-bond donors (Lipinski definition) is 0. The van der Waals surface area contributed by atoms with Crippen LogP contribution in [0.15, 0.2) is 0 Å². The Hall–Kier alpha value is 0.440. The SMILES string of the molecule is BrCCCCC1CCCCO1. The van der Waals surface area contributed by atoms with E-state index in [4.69, 9.17) is 4.74 Å². The second-order valence-electron chi connectivity index (χ2n) is 3.17. The maximum atomic E-state index is 5.61. The van der Waals surface area contributed by atoms with Gasteiger partial charge in [0.1, 0.15) is 0 Å². The summed E-state index contributed by atoms with van der Waals surface area (Å²) in [5.74, 6) is 0. The molecule has 0 aromatic carbocycles. The number of hydrogen-bond acceptors (Lipinski definition) is 1. The highest BCUT2D eigenvalue weighted by Crippen LogP contribution is 2.17. The van der Waals surface area contributed by atoms with E-state index in [2.05, 4.69) is 15.9 Å². The van der Waals surface area contributed by atoms with Gasteiger partial charge in [-0.2, -0.15) is 0 Å². The molecule has 0 aromatic heterocycles. The molecule has 0 amide bonds. The third-order valence-corrected chi connectivity index (χ3v) is 2.74. The molecule has 1 atom stereocenters. The highest BCUT2D eigenvalue weighted by atomic mass is 79.9. The summed E-state index contributed by atoms with van der Waals surface area (Å²) >= 11 is 3.43. The van der Waals surface area contributed by atoms with Crippen LogP contribution in [0.1, 0.15) is 38.5 Å². The van der Waals surface area contributed by atoms with Crippen molar-refractivity contribution < 1.29 is 4.74 Å². The van der Waals surface area contributed by atoms with Crippen molar-refractivity contribution in [1.29, 1.82) is 0 Å². The van der Waals surface area contributed by atoms with Crippen LogP contribution in [0.4, 0.5) is 0 Å². The zero-order valence-corrected chi connectivity index (χ0v) is 8.61. The van der Waals surface area contributed by atoms with Crippen molar-refractivity contribution in [2.45, 2.75) is 44.6 Å². The fourth-order valence-corrected chi connectivity index (χ4v) is 1.90. The summed E-state index contributed by atoms with van der Waals surface area (Å²) in [5, 5.41) is 1.14. The highest BCUT2D eigenvalue weighted by Gasteiger charge is 2.12. The van der Waals surface area contributed by atoms with Crippen molar-refractivity contribution >= 4 is 15.9 Å². The molecule has 1 aliphatic rings. The molecule has 66 valence electrons. The Labute approximate surface area is 77.6 Å². The van der Waals surface area contributed by atoms with E-state index in [9.17, 15) is 0 Å². The first-order valence-corrected chi connectivity index (χ1v) is 5.73. The van der Waals surface area contributed by atoms with Gasteiger partial charge in [0.15, 0.2) is 0 Å². The topological polar surface area (TPSA) is 9.23 Å². The summed E-state index contributed by atoms with van der Waals surface area (Å²) in [5.41, 5.74) is 0. The zero-order chi connectivity index (χ0) is 7.94. The molecular formula is C9H17BrO. The van der Waals surface area contributed by atoms with Crippen LogP contribution in [-0.4, -0.2) is 18.0 Å². The van der Waals surface area contributed by atoms with E-state index < -0.39 is 0 Å². The molecule has 1 nitrogen and oxygen atoms in total. The van der Waals surface area contributed by atoms with E-state index in [1.54, 1.807) is 0 Å². The molecular weight excluding hydrogens is 204 g/mol. The minimum absolute atomic E-state index is 0.586. The Bertz CT molecular complexity index is 89.6. The number of alkyl halides is 1. The van der Waals surface area contributed by atoms with Crippen LogP contribution < -0.4 is 0 Å². The first kappa shape index (κ1) is 9.53. The van der Waals surface area contributed by atoms with Gasteiger partial charge in [0, 0.05) is 11.9 Å². The molecule has 1 unspecified atom stereocenters. The van der Waals surface area contributed by atoms with Gasteiger partial charge in [-0.3, -0.25) is 0 Å². The van der Waals surface area contributed by atoms with E-state index in [-0.39, 0.29) is 0 Å². The normalized spacial score (nSPS) is 25.4. The predicted octanol–water partition coefficient (Wildman–Crippen LogP) is 3.12. The van der Waals surface area contributed by atoms with Gasteiger partial charge in [-0.1, -0.05) is 22.4 Å². The standard InChI is InChI=1S/C9H17BrO/c10-7-3-1-5-9-6-2-4-8-11-9/h9H,1-8H2. The summed E-state index contributed by atoms with van der Waals surface area (Å²) < 4.78 is 5.61. The molecule has 0 bridgehead atoms. The molecule has 0 spiro atoms. The summed E-state index contributed by atoms with van der Waals surface area (Å²) in [6.07, 6.45) is 8.40. The van der Waals surface area contributed by atoms with Crippen LogP contribution in [0.25, 0.3) is 0 Å². The number of unbranched alkanes of at least 4 members (excludes halogenated alkanes) is 1. The zero-order valence-electron chi connectivity index (χ0n) is 7.02. The Morgan fingerprint density at radius 1 is 1.27 bits per heavy atom. The van der Waals surface area contributed by atoms with Gasteiger partial charge >= 0.3 is 0 Å². The van der Waals surface area contributed by atoms with Crippen LogP contribution in [0.2, 0.25) is 0 Å². The largest absolute Gasteiger partial charge is 0.378 e. The molecule has 1 saturated heterocycles. The minimum Gasteiger partial charge on any atom is -0.378 e. The quantitative estimate of drug-likeness (QED) is 0.523. The Balaban J connectivity index is 1.96. The van der Waals surface area contributed by atoms with E-state index in [1.807, 2.05) is 0 Å². The molecule has 1 fully saturated rings. The number of ether oxygens (including phenoxy) is 1. The first-order chi connectivity index (χ1) is 5.43. The van der Waals surface area contributed by atoms with Gasteiger partial charge in [-0.05, 0) is 32.1 Å². The van der Waals surface area contributed by atoms with E-state index in [0.29, 0.717) is 6.10 Å². The molecule has 0 aromatic rings. The van der Waals surface area contributed by atoms with Crippen molar-refractivity contribution in [2.75, 3.05) is 11.9 Å². The molecule has 0 radical (unpaired) electrons. The molecule has 0 N–H and O–H groups in total. The third kappa shape index (κ3) is 4.12. The fourth-order valence-electron chi connectivity index (χ4n) is 1.50. The predicted molar refractivity (Wildman–Crippen MR) is 51.2 cm³/mol. The molecule has 2 heteroatoms. The maximum Gasteiger partial charge on any atom is 0.0575 e. The molecule has 1 heterocycles. The molecule has 1 aliphatic heterocycles. The molecule has 11 heavy (non-hydrogen) atoms. The first-order valence-electron chi connectivity index (χ1n) is 4.61. The van der Waals surface area contributed by atoms with Gasteiger partial charge in [0.2, 0.25) is 0 Å². The average Bonchev–Trinajstić information content (AvgIpc) is 2.07. The average molecular weight is 221 g/mol. The van der Waals surface area contributed by atoms with Gasteiger partial charge in [-0.15, -0.1) is 0 Å². The molecule has 0 saturated carbocycles. The lowest BCUT2D eigenvalue weighted by atomic mass is 10.0. The lowest BCUT2D eigenvalue weighted by Crippen LogP contribution is -2.18. The lowest BCUT2D eigenvalue weighted by molar-refractivity contribution is 0.0101. The summed E-state index contributed by atoms with van der Waals surface area (Å²) in [4.78, 5) is 0. The van der Waals surface area contributed by atoms with Gasteiger partial charge in [0.05, 0.1) is 6.10 Å². The third-order valence-electron chi connectivity index (χ3n) is 2.18. The van der Waals surface area contributed by atoms with Crippen molar-refractivity contribution in [3.8, 4) is 0 Å². The fraction of sp³-hybridized carbons (Fsp3) is 1.00. The van der Waals surface area contributed by atoms with Crippen molar-refractivity contribution in [3.05, 3.63) is 0 Å². The maximum absolute atomic E-state index is 5.61. The second kappa shape index (κ2) is 6.01.